The molecule has 2 saturated heterocycles. The van der Waals surface area contributed by atoms with E-state index >= 15 is 0 Å². The second-order valence-electron chi connectivity index (χ2n) is 8.20. The molecule has 2 heterocycles. The van der Waals surface area contributed by atoms with E-state index in [1.54, 1.807) is 19.1 Å². The number of carbonyl (C=O) groups is 3. The lowest BCUT2D eigenvalue weighted by Crippen LogP contribution is -2.58. The fourth-order valence-electron chi connectivity index (χ4n) is 4.04. The first-order chi connectivity index (χ1) is 15.5. The molecule has 0 spiro atoms. The van der Waals surface area contributed by atoms with Gasteiger partial charge < -0.3 is 20.0 Å². The zero-order valence-electron chi connectivity index (χ0n) is 18.0. The van der Waals surface area contributed by atoms with Crippen LogP contribution in [0.15, 0.2) is 18.2 Å². The van der Waals surface area contributed by atoms with Crippen molar-refractivity contribution in [2.75, 3.05) is 38.0 Å². The summed E-state index contributed by atoms with van der Waals surface area (Å²) in [7, 11) is 0. The molecule has 3 rings (SSSR count). The molecule has 1 N–H and O–H groups in total. The first-order valence-corrected chi connectivity index (χ1v) is 11.4. The van der Waals surface area contributed by atoms with Gasteiger partial charge >= 0.3 is 12.2 Å². The molecule has 7 nitrogen and oxygen atoms in total. The van der Waals surface area contributed by atoms with Crippen molar-refractivity contribution in [2.45, 2.75) is 38.4 Å². The Morgan fingerprint density at radius 2 is 1.76 bits per heavy atom. The van der Waals surface area contributed by atoms with Crippen LogP contribution in [0.4, 0.5) is 23.7 Å². The number of amides is 4. The number of nitrogens with zero attached hydrogens (tertiary/aromatic N) is 3. The van der Waals surface area contributed by atoms with Gasteiger partial charge in [-0.25, -0.2) is 4.79 Å². The van der Waals surface area contributed by atoms with E-state index in [4.69, 9.17) is 23.2 Å². The summed E-state index contributed by atoms with van der Waals surface area (Å²) in [6.07, 6.45) is -4.40. The van der Waals surface area contributed by atoms with E-state index in [0.717, 1.165) is 0 Å². The summed E-state index contributed by atoms with van der Waals surface area (Å²) in [5.74, 6) is -1.93. The molecule has 0 aliphatic carbocycles. The minimum atomic E-state index is -4.23. The van der Waals surface area contributed by atoms with E-state index in [1.165, 1.54) is 20.8 Å². The molecule has 0 aromatic heterocycles. The molecule has 0 saturated carbocycles. The van der Waals surface area contributed by atoms with Gasteiger partial charge in [-0.1, -0.05) is 23.2 Å². The highest BCUT2D eigenvalue weighted by Crippen LogP contribution is 2.34. The van der Waals surface area contributed by atoms with Gasteiger partial charge in [-0.3, -0.25) is 9.59 Å². The number of piperazine rings is 1. The molecule has 1 unspecified atom stereocenters. The van der Waals surface area contributed by atoms with Crippen molar-refractivity contribution in [3.05, 3.63) is 28.2 Å². The van der Waals surface area contributed by atoms with Crippen LogP contribution < -0.4 is 5.32 Å². The molecule has 0 bridgehead atoms. The van der Waals surface area contributed by atoms with Crippen LogP contribution in [0, 0.1) is 5.92 Å². The predicted octanol–water partition coefficient (Wildman–Crippen LogP) is 4.25. The zero-order valence-corrected chi connectivity index (χ0v) is 19.5. The Morgan fingerprint density at radius 1 is 1.09 bits per heavy atom. The Kier molecular flexibility index (Phi) is 8.00. The number of likely N-dealkylation sites (tertiary alicyclic amines) is 1. The molecule has 182 valence electrons. The molecule has 33 heavy (non-hydrogen) atoms. The number of rotatable bonds is 4. The number of nitrogens with one attached hydrogen (secondary N) is 1. The number of urea groups is 1. The molecule has 4 amide bonds. The standard InChI is InChI=1S/C21H25Cl2F3N4O3/c1-13-19(32)29(9-6-18(31)28-7-4-14(5-8-28)21(24,25)26)10-11-30(13)20(33)27-15-2-3-16(22)17(23)12-15/h2-3,12-14H,4-11H2,1H3,(H,27,33). The molecular formula is C21H25Cl2F3N4O3. The second-order valence-corrected chi connectivity index (χ2v) is 9.01. The summed E-state index contributed by atoms with van der Waals surface area (Å²) in [6, 6.07) is 3.46. The van der Waals surface area contributed by atoms with Gasteiger partial charge in [0, 0.05) is 44.8 Å². The maximum absolute atomic E-state index is 12.8. The normalized spacial score (nSPS) is 20.2. The van der Waals surface area contributed by atoms with E-state index in [-0.39, 0.29) is 68.8 Å². The van der Waals surface area contributed by atoms with Crippen molar-refractivity contribution in [1.29, 1.82) is 0 Å². The van der Waals surface area contributed by atoms with E-state index in [0.29, 0.717) is 10.7 Å². The maximum Gasteiger partial charge on any atom is 0.391 e. The highest BCUT2D eigenvalue weighted by Gasteiger charge is 2.42. The number of anilines is 1. The lowest BCUT2D eigenvalue weighted by Gasteiger charge is -2.39. The number of alkyl halides is 3. The fourth-order valence-corrected chi connectivity index (χ4v) is 4.34. The highest BCUT2D eigenvalue weighted by molar-refractivity contribution is 6.42. The maximum atomic E-state index is 12.8. The Bertz CT molecular complexity index is 907. The van der Waals surface area contributed by atoms with Crippen LogP contribution in [0.1, 0.15) is 26.2 Å². The van der Waals surface area contributed by atoms with Crippen LogP contribution >= 0.6 is 23.2 Å². The topological polar surface area (TPSA) is 73.0 Å². The third kappa shape index (κ3) is 6.23. The predicted molar refractivity (Wildman–Crippen MR) is 118 cm³/mol. The molecule has 12 heteroatoms. The minimum absolute atomic E-state index is 0.0324. The first kappa shape index (κ1) is 25.4. The lowest BCUT2D eigenvalue weighted by molar-refractivity contribution is -0.186. The lowest BCUT2D eigenvalue weighted by atomic mass is 9.96. The van der Waals surface area contributed by atoms with Gasteiger partial charge in [0.15, 0.2) is 0 Å². The number of piperidine rings is 1. The number of hydrogen-bond donors (Lipinski definition) is 1. The third-order valence-corrected chi connectivity index (χ3v) is 6.82. The van der Waals surface area contributed by atoms with Gasteiger partial charge in [-0.05, 0) is 38.0 Å². The summed E-state index contributed by atoms with van der Waals surface area (Å²) in [5.41, 5.74) is 0.441. The number of carbonyl (C=O) groups excluding carboxylic acids is 3. The van der Waals surface area contributed by atoms with Crippen molar-refractivity contribution >= 4 is 46.7 Å². The van der Waals surface area contributed by atoms with Gasteiger partial charge in [0.25, 0.3) is 0 Å². The van der Waals surface area contributed by atoms with Gasteiger partial charge in [0.05, 0.1) is 16.0 Å². The van der Waals surface area contributed by atoms with E-state index < -0.39 is 24.2 Å². The van der Waals surface area contributed by atoms with Crippen LogP contribution in [0.2, 0.25) is 10.0 Å². The minimum Gasteiger partial charge on any atom is -0.343 e. The molecule has 2 aliphatic rings. The Balaban J connectivity index is 1.48. The molecule has 2 fully saturated rings. The Labute approximate surface area is 199 Å². The van der Waals surface area contributed by atoms with E-state index in [9.17, 15) is 27.6 Å². The average molecular weight is 509 g/mol. The molecular weight excluding hydrogens is 484 g/mol. The summed E-state index contributed by atoms with van der Waals surface area (Å²) in [4.78, 5) is 42.1. The van der Waals surface area contributed by atoms with Crippen LogP contribution in [0.3, 0.4) is 0 Å². The molecule has 1 aromatic rings. The smallest absolute Gasteiger partial charge is 0.343 e. The van der Waals surface area contributed by atoms with Crippen molar-refractivity contribution in [1.82, 2.24) is 14.7 Å². The van der Waals surface area contributed by atoms with Crippen molar-refractivity contribution < 1.29 is 27.6 Å². The largest absolute Gasteiger partial charge is 0.391 e. The summed E-state index contributed by atoms with van der Waals surface area (Å²) < 4.78 is 38.4. The summed E-state index contributed by atoms with van der Waals surface area (Å²) >= 11 is 11.8. The first-order valence-electron chi connectivity index (χ1n) is 10.6. The van der Waals surface area contributed by atoms with Crippen LogP contribution in [-0.4, -0.2) is 77.5 Å². The number of halogens is 5. The van der Waals surface area contributed by atoms with E-state index in [1.807, 2.05) is 0 Å². The number of hydrogen-bond acceptors (Lipinski definition) is 3. The number of benzene rings is 1. The monoisotopic (exact) mass is 508 g/mol. The van der Waals surface area contributed by atoms with Crippen molar-refractivity contribution in [3.8, 4) is 0 Å². The summed E-state index contributed by atoms with van der Waals surface area (Å²) in [6.45, 7) is 2.41. The molecule has 1 atom stereocenters. The molecule has 0 radical (unpaired) electrons. The van der Waals surface area contributed by atoms with Gasteiger partial charge in [0.1, 0.15) is 6.04 Å². The summed E-state index contributed by atoms with van der Waals surface area (Å²) in [5, 5.41) is 3.33. The zero-order chi connectivity index (χ0) is 24.3. The quantitative estimate of drug-likeness (QED) is 0.660. The van der Waals surface area contributed by atoms with Crippen LogP contribution in [0.25, 0.3) is 0 Å². The average Bonchev–Trinajstić information content (AvgIpc) is 2.76. The fraction of sp³-hybridized carbons (Fsp3) is 0.571. The van der Waals surface area contributed by atoms with Gasteiger partial charge in [-0.15, -0.1) is 0 Å². The van der Waals surface area contributed by atoms with Gasteiger partial charge in [0.2, 0.25) is 11.8 Å². The second kappa shape index (κ2) is 10.4. The molecule has 2 aliphatic heterocycles. The van der Waals surface area contributed by atoms with Crippen molar-refractivity contribution in [2.24, 2.45) is 5.92 Å². The third-order valence-electron chi connectivity index (χ3n) is 6.09. The SMILES string of the molecule is CC1C(=O)N(CCC(=O)N2CCC(C(F)(F)F)CC2)CCN1C(=O)Nc1ccc(Cl)c(Cl)c1. The Hall–Kier alpha value is -2.20. The van der Waals surface area contributed by atoms with Crippen molar-refractivity contribution in [3.63, 3.8) is 0 Å². The molecule has 1 aromatic carbocycles. The van der Waals surface area contributed by atoms with Crippen LogP contribution in [0.5, 0.6) is 0 Å². The van der Waals surface area contributed by atoms with E-state index in [2.05, 4.69) is 5.32 Å². The Morgan fingerprint density at radius 3 is 2.36 bits per heavy atom. The van der Waals surface area contributed by atoms with Gasteiger partial charge in [-0.2, -0.15) is 13.2 Å². The highest BCUT2D eigenvalue weighted by atomic mass is 35.5. The van der Waals surface area contributed by atoms with Crippen LogP contribution in [-0.2, 0) is 9.59 Å².